The average molecular weight is 266 g/mol. The number of para-hydroxylation sites is 1. The van der Waals surface area contributed by atoms with Crippen LogP contribution in [0.5, 0.6) is 5.75 Å². The summed E-state index contributed by atoms with van der Waals surface area (Å²) in [5.41, 5.74) is -0.0479. The van der Waals surface area contributed by atoms with Gasteiger partial charge in [-0.15, -0.1) is 0 Å². The zero-order valence-corrected chi connectivity index (χ0v) is 10.3. The minimum atomic E-state index is -1.15. The Hall–Kier alpha value is -2.57. The quantitative estimate of drug-likeness (QED) is 0.724. The number of hydrogen-bond donors (Lipinski definition) is 3. The number of aromatic carboxylic acids is 1. The lowest BCUT2D eigenvalue weighted by molar-refractivity contribution is -0.122. The molecule has 0 saturated carbocycles. The fourth-order valence-electron chi connectivity index (χ4n) is 1.28. The van der Waals surface area contributed by atoms with Crippen LogP contribution in [0.1, 0.15) is 17.3 Å². The van der Waals surface area contributed by atoms with Crippen LogP contribution in [0.4, 0.5) is 4.79 Å². The van der Waals surface area contributed by atoms with Crippen molar-refractivity contribution in [1.29, 1.82) is 0 Å². The van der Waals surface area contributed by atoms with Crippen LogP contribution in [0.25, 0.3) is 0 Å². The number of carbonyl (C=O) groups is 3. The van der Waals surface area contributed by atoms with Gasteiger partial charge in [-0.25, -0.2) is 9.59 Å². The van der Waals surface area contributed by atoms with Crippen molar-refractivity contribution in [2.45, 2.75) is 6.92 Å². The number of carbonyl (C=O) groups excluding carboxylic acids is 2. The molecule has 0 heterocycles. The van der Waals surface area contributed by atoms with Gasteiger partial charge in [0.15, 0.2) is 6.61 Å². The maximum Gasteiger partial charge on any atom is 0.339 e. The van der Waals surface area contributed by atoms with E-state index in [1.807, 2.05) is 5.32 Å². The smallest absolute Gasteiger partial charge is 0.339 e. The van der Waals surface area contributed by atoms with Crippen molar-refractivity contribution in [3.63, 3.8) is 0 Å². The molecule has 0 aliphatic heterocycles. The van der Waals surface area contributed by atoms with Gasteiger partial charge in [-0.3, -0.25) is 10.1 Å². The van der Waals surface area contributed by atoms with E-state index in [2.05, 4.69) is 5.32 Å². The Morgan fingerprint density at radius 1 is 1.26 bits per heavy atom. The summed E-state index contributed by atoms with van der Waals surface area (Å²) in [6, 6.07) is 5.30. The van der Waals surface area contributed by atoms with Gasteiger partial charge < -0.3 is 15.2 Å². The number of imide groups is 1. The zero-order chi connectivity index (χ0) is 14.3. The third-order valence-electron chi connectivity index (χ3n) is 2.07. The van der Waals surface area contributed by atoms with Gasteiger partial charge in [0, 0.05) is 6.54 Å². The lowest BCUT2D eigenvalue weighted by Crippen LogP contribution is -2.41. The highest BCUT2D eigenvalue weighted by atomic mass is 16.5. The fraction of sp³-hybridized carbons (Fsp3) is 0.250. The van der Waals surface area contributed by atoms with Crippen LogP contribution in [0.15, 0.2) is 24.3 Å². The molecule has 3 N–H and O–H groups in total. The monoisotopic (exact) mass is 266 g/mol. The first kappa shape index (κ1) is 14.5. The summed E-state index contributed by atoms with van der Waals surface area (Å²) >= 11 is 0. The molecule has 0 bridgehead atoms. The van der Waals surface area contributed by atoms with Crippen LogP contribution in [0, 0.1) is 0 Å². The molecule has 0 fully saturated rings. The predicted octanol–water partition coefficient (Wildman–Crippen LogP) is 0.609. The molecule has 1 rings (SSSR count). The highest BCUT2D eigenvalue weighted by Crippen LogP contribution is 2.17. The first-order valence-electron chi connectivity index (χ1n) is 5.57. The lowest BCUT2D eigenvalue weighted by Gasteiger charge is -2.09. The van der Waals surface area contributed by atoms with E-state index in [1.165, 1.54) is 12.1 Å². The second-order valence-corrected chi connectivity index (χ2v) is 3.50. The van der Waals surface area contributed by atoms with Crippen LogP contribution in [0.3, 0.4) is 0 Å². The molecule has 19 heavy (non-hydrogen) atoms. The Kier molecular flexibility index (Phi) is 5.34. The van der Waals surface area contributed by atoms with Crippen LogP contribution >= 0.6 is 0 Å². The highest BCUT2D eigenvalue weighted by Gasteiger charge is 2.12. The van der Waals surface area contributed by atoms with Crippen molar-refractivity contribution >= 4 is 17.9 Å². The maximum atomic E-state index is 11.3. The Morgan fingerprint density at radius 2 is 1.95 bits per heavy atom. The summed E-state index contributed by atoms with van der Waals surface area (Å²) in [5, 5.41) is 13.3. The topological polar surface area (TPSA) is 105 Å². The number of urea groups is 1. The highest BCUT2D eigenvalue weighted by molar-refractivity contribution is 5.95. The largest absolute Gasteiger partial charge is 0.483 e. The van der Waals surface area contributed by atoms with Gasteiger partial charge in [-0.1, -0.05) is 12.1 Å². The van der Waals surface area contributed by atoms with Gasteiger partial charge in [-0.2, -0.15) is 0 Å². The van der Waals surface area contributed by atoms with Crippen LogP contribution in [-0.2, 0) is 4.79 Å². The molecule has 102 valence electrons. The van der Waals surface area contributed by atoms with Gasteiger partial charge in [-0.05, 0) is 19.1 Å². The van der Waals surface area contributed by atoms with E-state index < -0.39 is 24.5 Å². The molecule has 0 aliphatic carbocycles. The summed E-state index contributed by atoms with van der Waals surface area (Å²) in [6.07, 6.45) is 0. The SMILES string of the molecule is CCNC(=O)NC(=O)COc1ccccc1C(=O)O. The number of nitrogens with one attached hydrogen (secondary N) is 2. The van der Waals surface area contributed by atoms with E-state index in [0.29, 0.717) is 6.54 Å². The van der Waals surface area contributed by atoms with E-state index in [1.54, 1.807) is 19.1 Å². The number of hydrogen-bond acceptors (Lipinski definition) is 4. The van der Waals surface area contributed by atoms with Gasteiger partial charge in [0.05, 0.1) is 0 Å². The number of benzene rings is 1. The van der Waals surface area contributed by atoms with E-state index in [0.717, 1.165) is 0 Å². The van der Waals surface area contributed by atoms with Gasteiger partial charge in [0.25, 0.3) is 5.91 Å². The third kappa shape index (κ3) is 4.66. The van der Waals surface area contributed by atoms with Crippen molar-refractivity contribution in [1.82, 2.24) is 10.6 Å². The van der Waals surface area contributed by atoms with Crippen LogP contribution in [-0.4, -0.2) is 36.2 Å². The molecular formula is C12H14N2O5. The summed E-state index contributed by atoms with van der Waals surface area (Å²) in [7, 11) is 0. The van der Waals surface area contributed by atoms with Crippen molar-refractivity contribution in [2.75, 3.05) is 13.2 Å². The zero-order valence-electron chi connectivity index (χ0n) is 10.3. The standard InChI is InChI=1S/C12H14N2O5/c1-2-13-12(18)14-10(15)7-19-9-6-4-3-5-8(9)11(16)17/h3-6H,2,7H2,1H3,(H,16,17)(H2,13,14,15,18). The first-order chi connectivity index (χ1) is 9.04. The molecule has 0 aliphatic rings. The Balaban J connectivity index is 2.55. The molecule has 0 unspecified atom stereocenters. The molecule has 0 radical (unpaired) electrons. The summed E-state index contributed by atoms with van der Waals surface area (Å²) in [6.45, 7) is 1.66. The predicted molar refractivity (Wildman–Crippen MR) is 66.1 cm³/mol. The Labute approximate surface area is 109 Å². The summed E-state index contributed by atoms with van der Waals surface area (Å²) in [4.78, 5) is 33.3. The first-order valence-corrected chi connectivity index (χ1v) is 5.57. The van der Waals surface area contributed by atoms with Crippen molar-refractivity contribution in [3.05, 3.63) is 29.8 Å². The maximum absolute atomic E-state index is 11.3. The number of rotatable bonds is 5. The molecule has 0 saturated heterocycles. The van der Waals surface area contributed by atoms with Gasteiger partial charge >= 0.3 is 12.0 Å². The van der Waals surface area contributed by atoms with Crippen LogP contribution in [0.2, 0.25) is 0 Å². The van der Waals surface area contributed by atoms with E-state index in [9.17, 15) is 14.4 Å². The summed E-state index contributed by atoms with van der Waals surface area (Å²) < 4.78 is 5.07. The average Bonchev–Trinajstić information content (AvgIpc) is 2.36. The minimum Gasteiger partial charge on any atom is -0.483 e. The molecular weight excluding hydrogens is 252 g/mol. The number of carboxylic acid groups (broad SMARTS) is 1. The number of amides is 3. The van der Waals surface area contributed by atoms with E-state index >= 15 is 0 Å². The normalized spacial score (nSPS) is 9.53. The fourth-order valence-corrected chi connectivity index (χ4v) is 1.28. The number of ether oxygens (including phenoxy) is 1. The van der Waals surface area contributed by atoms with E-state index in [-0.39, 0.29) is 11.3 Å². The molecule has 3 amide bonds. The van der Waals surface area contributed by atoms with E-state index in [4.69, 9.17) is 9.84 Å². The number of carboxylic acids is 1. The molecule has 7 nitrogen and oxygen atoms in total. The van der Waals surface area contributed by atoms with Crippen LogP contribution < -0.4 is 15.4 Å². The second kappa shape index (κ2) is 7.00. The van der Waals surface area contributed by atoms with Crippen molar-refractivity contribution in [2.24, 2.45) is 0 Å². The lowest BCUT2D eigenvalue weighted by atomic mass is 10.2. The Bertz CT molecular complexity index is 487. The molecule has 0 atom stereocenters. The molecule has 1 aromatic rings. The molecule has 7 heteroatoms. The third-order valence-corrected chi connectivity index (χ3v) is 2.07. The van der Waals surface area contributed by atoms with Gasteiger partial charge in [0.1, 0.15) is 11.3 Å². The summed E-state index contributed by atoms with van der Waals surface area (Å²) in [5.74, 6) is -1.74. The van der Waals surface area contributed by atoms with Crippen molar-refractivity contribution < 1.29 is 24.2 Å². The second-order valence-electron chi connectivity index (χ2n) is 3.50. The Morgan fingerprint density at radius 3 is 2.58 bits per heavy atom. The van der Waals surface area contributed by atoms with Gasteiger partial charge in [0.2, 0.25) is 0 Å². The molecule has 1 aromatic carbocycles. The van der Waals surface area contributed by atoms with Crippen molar-refractivity contribution in [3.8, 4) is 5.75 Å². The molecule has 0 aromatic heterocycles. The molecule has 0 spiro atoms. The minimum absolute atomic E-state index is 0.0479.